The number of ether oxygens (including phenoxy) is 1. The quantitative estimate of drug-likeness (QED) is 0.487. The molecule has 6 nitrogen and oxygen atoms in total. The molecule has 3 aromatic rings. The molecule has 0 saturated carbocycles. The van der Waals surface area contributed by atoms with Crippen LogP contribution in [0.5, 0.6) is 5.75 Å². The summed E-state index contributed by atoms with van der Waals surface area (Å²) in [5.41, 5.74) is 1.58. The summed E-state index contributed by atoms with van der Waals surface area (Å²) in [4.78, 5) is 29.4. The van der Waals surface area contributed by atoms with E-state index in [-0.39, 0.29) is 17.7 Å². The summed E-state index contributed by atoms with van der Waals surface area (Å²) in [5, 5.41) is 6.80. The first-order chi connectivity index (χ1) is 15.0. The second-order valence-electron chi connectivity index (χ2n) is 7.83. The van der Waals surface area contributed by atoms with Crippen molar-refractivity contribution in [3.8, 4) is 5.75 Å². The molecular weight excluding hydrogens is 390 g/mol. The van der Waals surface area contributed by atoms with Gasteiger partial charge in [0.05, 0.1) is 6.61 Å². The lowest BCUT2D eigenvalue weighted by Crippen LogP contribution is -2.41. The van der Waals surface area contributed by atoms with Crippen molar-refractivity contribution in [3.05, 3.63) is 72.4 Å². The zero-order valence-corrected chi connectivity index (χ0v) is 18.0. The monoisotopic (exact) mass is 419 g/mol. The van der Waals surface area contributed by atoms with Crippen LogP contribution in [0.3, 0.4) is 0 Å². The Kier molecular flexibility index (Phi) is 7.98. The number of hydrogen-bond acceptors (Lipinski definition) is 4. The maximum Gasteiger partial charge on any atom is 0.247 e. The zero-order chi connectivity index (χ0) is 22.1. The highest BCUT2D eigenvalue weighted by atomic mass is 16.5. The van der Waals surface area contributed by atoms with Gasteiger partial charge >= 0.3 is 0 Å². The number of benzene rings is 2. The van der Waals surface area contributed by atoms with Crippen LogP contribution in [0.15, 0.2) is 66.9 Å². The molecule has 2 N–H and O–H groups in total. The van der Waals surface area contributed by atoms with Crippen molar-refractivity contribution in [2.75, 3.05) is 13.2 Å². The molecule has 162 valence electrons. The van der Waals surface area contributed by atoms with E-state index in [1.54, 1.807) is 6.20 Å². The maximum absolute atomic E-state index is 12.8. The van der Waals surface area contributed by atoms with Gasteiger partial charge in [0.15, 0.2) is 0 Å². The molecule has 6 heteroatoms. The predicted octanol–water partition coefficient (Wildman–Crippen LogP) is 4.02. The number of hydrogen-bond donors (Lipinski definition) is 2. The molecule has 0 fully saturated rings. The van der Waals surface area contributed by atoms with Crippen LogP contribution >= 0.6 is 0 Å². The van der Waals surface area contributed by atoms with Gasteiger partial charge in [0, 0.05) is 24.5 Å². The number of pyridine rings is 1. The summed E-state index contributed by atoms with van der Waals surface area (Å²) in [6.45, 7) is 4.84. The number of rotatable bonds is 10. The van der Waals surface area contributed by atoms with Crippen LogP contribution in [0, 0.1) is 5.92 Å². The Bertz CT molecular complexity index is 1000. The van der Waals surface area contributed by atoms with Crippen LogP contribution in [-0.4, -0.2) is 29.9 Å². The first kappa shape index (κ1) is 22.3. The largest absolute Gasteiger partial charge is 0.491 e. The Labute approximate surface area is 183 Å². The van der Waals surface area contributed by atoms with Crippen LogP contribution in [0.4, 0.5) is 0 Å². The molecule has 1 atom stereocenters. The molecule has 2 aromatic carbocycles. The van der Waals surface area contributed by atoms with E-state index in [9.17, 15) is 9.59 Å². The Morgan fingerprint density at radius 3 is 2.55 bits per heavy atom. The van der Waals surface area contributed by atoms with Gasteiger partial charge in [0.25, 0.3) is 0 Å². The highest BCUT2D eigenvalue weighted by Gasteiger charge is 2.22. The molecule has 0 aliphatic heterocycles. The van der Waals surface area contributed by atoms with E-state index in [0.717, 1.165) is 22.2 Å². The van der Waals surface area contributed by atoms with Crippen LogP contribution in [0.25, 0.3) is 10.9 Å². The Morgan fingerprint density at radius 2 is 1.77 bits per heavy atom. The Balaban J connectivity index is 1.52. The molecule has 1 aromatic heterocycles. The molecule has 31 heavy (non-hydrogen) atoms. The molecule has 0 radical (unpaired) electrons. The van der Waals surface area contributed by atoms with E-state index in [1.165, 1.54) is 0 Å². The molecule has 0 bridgehead atoms. The van der Waals surface area contributed by atoms with Crippen LogP contribution in [0.1, 0.15) is 38.3 Å². The second-order valence-corrected chi connectivity index (χ2v) is 7.83. The van der Waals surface area contributed by atoms with Gasteiger partial charge in [-0.25, -0.2) is 0 Å². The molecule has 0 aliphatic rings. The molecule has 2 amide bonds. The molecule has 3 rings (SSSR count). The van der Waals surface area contributed by atoms with Gasteiger partial charge in [-0.1, -0.05) is 62.4 Å². The average molecular weight is 420 g/mol. The average Bonchev–Trinajstić information content (AvgIpc) is 2.77. The molecule has 0 aliphatic carbocycles. The minimum absolute atomic E-state index is 0.134. The topological polar surface area (TPSA) is 80.3 Å². The number of nitrogens with one attached hydrogen (secondary N) is 2. The summed E-state index contributed by atoms with van der Waals surface area (Å²) in [6.07, 6.45) is 2.76. The van der Waals surface area contributed by atoms with Crippen LogP contribution in [-0.2, 0) is 9.59 Å². The van der Waals surface area contributed by atoms with Crippen molar-refractivity contribution in [3.63, 3.8) is 0 Å². The summed E-state index contributed by atoms with van der Waals surface area (Å²) >= 11 is 0. The molecule has 0 saturated heterocycles. The number of carbonyl (C=O) groups excluding carboxylic acids is 2. The predicted molar refractivity (Wildman–Crippen MR) is 122 cm³/mol. The lowest BCUT2D eigenvalue weighted by Gasteiger charge is -2.19. The zero-order valence-electron chi connectivity index (χ0n) is 18.0. The lowest BCUT2D eigenvalue weighted by atomic mass is 10.0. The third-order valence-corrected chi connectivity index (χ3v) is 4.77. The molecule has 1 unspecified atom stereocenters. The van der Waals surface area contributed by atoms with Crippen molar-refractivity contribution in [2.24, 2.45) is 5.92 Å². The summed E-state index contributed by atoms with van der Waals surface area (Å²) in [6, 6.07) is 18.3. The van der Waals surface area contributed by atoms with E-state index < -0.39 is 6.04 Å². The second kappa shape index (κ2) is 11.1. The number of aromatic nitrogens is 1. The van der Waals surface area contributed by atoms with Gasteiger partial charge in [-0.15, -0.1) is 0 Å². The smallest absolute Gasteiger partial charge is 0.247 e. The number of amides is 2. The van der Waals surface area contributed by atoms with Crippen molar-refractivity contribution in [1.82, 2.24) is 15.6 Å². The Hall–Kier alpha value is -3.41. The van der Waals surface area contributed by atoms with Crippen LogP contribution < -0.4 is 15.4 Å². The summed E-state index contributed by atoms with van der Waals surface area (Å²) in [5.74, 6) is 0.591. The maximum atomic E-state index is 12.8. The van der Waals surface area contributed by atoms with Gasteiger partial charge in [-0.2, -0.15) is 0 Å². The fraction of sp³-hybridized carbons (Fsp3) is 0.320. The van der Waals surface area contributed by atoms with Gasteiger partial charge in [-0.05, 0) is 30.0 Å². The minimum Gasteiger partial charge on any atom is -0.491 e. The highest BCUT2D eigenvalue weighted by Crippen LogP contribution is 2.23. The third kappa shape index (κ3) is 6.54. The van der Waals surface area contributed by atoms with Crippen molar-refractivity contribution >= 4 is 22.7 Å². The van der Waals surface area contributed by atoms with E-state index in [0.29, 0.717) is 26.0 Å². The summed E-state index contributed by atoms with van der Waals surface area (Å²) < 4.78 is 5.87. The SMILES string of the molecule is CC(C)CC(=O)NC(C(=O)NCCCOc1cccc2cccnc12)c1ccccc1. The minimum atomic E-state index is -0.712. The van der Waals surface area contributed by atoms with Gasteiger partial charge in [0.1, 0.15) is 17.3 Å². The van der Waals surface area contributed by atoms with Crippen molar-refractivity contribution in [2.45, 2.75) is 32.7 Å². The standard InChI is InChI=1S/C25H29N3O3/c1-18(2)17-22(29)28-24(20-9-4-3-5-10-20)25(30)27-15-8-16-31-21-13-6-11-19-12-7-14-26-23(19)21/h3-7,9-14,18,24H,8,15-17H2,1-2H3,(H,27,30)(H,28,29). The number of fused-ring (bicyclic) bond motifs is 1. The third-order valence-electron chi connectivity index (χ3n) is 4.77. The van der Waals surface area contributed by atoms with Gasteiger partial charge < -0.3 is 15.4 Å². The van der Waals surface area contributed by atoms with Gasteiger partial charge in [0.2, 0.25) is 11.8 Å². The number of para-hydroxylation sites is 1. The number of carbonyl (C=O) groups is 2. The number of nitrogens with zero attached hydrogens (tertiary/aromatic N) is 1. The van der Waals surface area contributed by atoms with Crippen molar-refractivity contribution < 1.29 is 14.3 Å². The fourth-order valence-electron chi connectivity index (χ4n) is 3.30. The van der Waals surface area contributed by atoms with E-state index in [1.807, 2.05) is 74.5 Å². The Morgan fingerprint density at radius 1 is 1.00 bits per heavy atom. The summed E-state index contributed by atoms with van der Waals surface area (Å²) in [7, 11) is 0. The first-order valence-corrected chi connectivity index (χ1v) is 10.6. The first-order valence-electron chi connectivity index (χ1n) is 10.6. The van der Waals surface area contributed by atoms with Crippen LogP contribution in [0.2, 0.25) is 0 Å². The van der Waals surface area contributed by atoms with Gasteiger partial charge in [-0.3, -0.25) is 14.6 Å². The molecular formula is C25H29N3O3. The van der Waals surface area contributed by atoms with E-state index in [2.05, 4.69) is 15.6 Å². The molecule has 1 heterocycles. The molecule has 0 spiro atoms. The van der Waals surface area contributed by atoms with E-state index in [4.69, 9.17) is 4.74 Å². The normalized spacial score (nSPS) is 11.8. The van der Waals surface area contributed by atoms with Crippen molar-refractivity contribution in [1.29, 1.82) is 0 Å². The van der Waals surface area contributed by atoms with E-state index >= 15 is 0 Å². The fourth-order valence-corrected chi connectivity index (χ4v) is 3.30. The lowest BCUT2D eigenvalue weighted by molar-refractivity contribution is -0.129. The highest BCUT2D eigenvalue weighted by molar-refractivity contribution is 5.88.